The Morgan fingerprint density at radius 3 is 2.20 bits per heavy atom. The summed E-state index contributed by atoms with van der Waals surface area (Å²) in [5.41, 5.74) is 4.30. The van der Waals surface area contributed by atoms with Gasteiger partial charge in [-0.2, -0.15) is 0 Å². The molecule has 2 heteroatoms. The molecule has 2 nitrogen and oxygen atoms in total. The smallest absolute Gasteiger partial charge is 0.164 e. The van der Waals surface area contributed by atoms with Gasteiger partial charge >= 0.3 is 0 Å². The molecule has 0 spiro atoms. The fourth-order valence-electron chi connectivity index (χ4n) is 1.98. The Labute approximate surface area is 91.7 Å². The van der Waals surface area contributed by atoms with Crippen LogP contribution in [0.2, 0.25) is 0 Å². The van der Waals surface area contributed by atoms with Crippen LogP contribution in [0.5, 0.6) is 0 Å². The minimum atomic E-state index is 0.236. The summed E-state index contributed by atoms with van der Waals surface area (Å²) in [4.78, 5) is 11.9. The molecule has 0 aliphatic rings. The van der Waals surface area contributed by atoms with Crippen molar-refractivity contribution >= 4 is 5.78 Å². The van der Waals surface area contributed by atoms with Crippen LogP contribution in [0.3, 0.4) is 0 Å². The monoisotopic (exact) mass is 205 g/mol. The van der Waals surface area contributed by atoms with E-state index in [1.165, 1.54) is 5.56 Å². The minimum absolute atomic E-state index is 0.236. The van der Waals surface area contributed by atoms with Crippen molar-refractivity contribution in [2.45, 2.75) is 27.2 Å². The summed E-state index contributed by atoms with van der Waals surface area (Å²) in [7, 11) is 1.86. The predicted octanol–water partition coefficient (Wildman–Crippen LogP) is 2.40. The van der Waals surface area contributed by atoms with Gasteiger partial charge in [0, 0.05) is 18.5 Å². The van der Waals surface area contributed by atoms with Crippen LogP contribution >= 0.6 is 0 Å². The van der Waals surface area contributed by atoms with Crippen molar-refractivity contribution in [2.75, 3.05) is 13.6 Å². The van der Waals surface area contributed by atoms with E-state index in [-0.39, 0.29) is 5.78 Å². The molecule has 15 heavy (non-hydrogen) atoms. The molecule has 0 bridgehead atoms. The van der Waals surface area contributed by atoms with Crippen molar-refractivity contribution < 1.29 is 4.79 Å². The molecular formula is C13H19NO. The lowest BCUT2D eigenvalue weighted by atomic mass is 9.95. The van der Waals surface area contributed by atoms with Crippen LogP contribution in [0, 0.1) is 20.8 Å². The van der Waals surface area contributed by atoms with Gasteiger partial charge in [0.05, 0.1) is 0 Å². The maximum Gasteiger partial charge on any atom is 0.164 e. The van der Waals surface area contributed by atoms with Crippen LogP contribution in [0.15, 0.2) is 12.1 Å². The van der Waals surface area contributed by atoms with Gasteiger partial charge in [0.1, 0.15) is 0 Å². The van der Waals surface area contributed by atoms with Crippen LogP contribution in [0.1, 0.15) is 33.5 Å². The second-order valence-corrected chi connectivity index (χ2v) is 4.05. The molecule has 0 saturated carbocycles. The lowest BCUT2D eigenvalue weighted by Gasteiger charge is -2.10. The summed E-state index contributed by atoms with van der Waals surface area (Å²) in [6.07, 6.45) is 0.571. The Balaban J connectivity index is 2.98. The Hall–Kier alpha value is -1.15. The first kappa shape index (κ1) is 11.9. The third kappa shape index (κ3) is 2.90. The molecule has 1 aromatic rings. The molecule has 0 aliphatic heterocycles. The second kappa shape index (κ2) is 5.08. The summed E-state index contributed by atoms with van der Waals surface area (Å²) < 4.78 is 0. The molecule has 1 aromatic carbocycles. The van der Waals surface area contributed by atoms with Gasteiger partial charge in [-0.15, -0.1) is 0 Å². The Morgan fingerprint density at radius 1 is 1.20 bits per heavy atom. The molecule has 0 aromatic heterocycles. The maximum atomic E-state index is 11.9. The third-order valence-electron chi connectivity index (χ3n) is 2.56. The lowest BCUT2D eigenvalue weighted by Crippen LogP contribution is -2.14. The van der Waals surface area contributed by atoms with Crippen LogP contribution in [0.4, 0.5) is 0 Å². The van der Waals surface area contributed by atoms with Gasteiger partial charge < -0.3 is 5.32 Å². The molecule has 0 atom stereocenters. The highest BCUT2D eigenvalue weighted by Crippen LogP contribution is 2.17. The first-order valence-corrected chi connectivity index (χ1v) is 5.32. The number of benzene rings is 1. The maximum absolute atomic E-state index is 11.9. The van der Waals surface area contributed by atoms with Gasteiger partial charge in [0.15, 0.2) is 5.78 Å². The Bertz CT molecular complexity index is 346. The molecule has 1 N–H and O–H groups in total. The normalized spacial score (nSPS) is 10.4. The van der Waals surface area contributed by atoms with E-state index in [0.29, 0.717) is 6.42 Å². The molecule has 0 fully saturated rings. The second-order valence-electron chi connectivity index (χ2n) is 4.05. The van der Waals surface area contributed by atoms with Crippen molar-refractivity contribution in [3.8, 4) is 0 Å². The number of Topliss-reactive ketones (excluding diaryl/α,β-unsaturated/α-hetero) is 1. The number of hydrogen-bond acceptors (Lipinski definition) is 2. The van der Waals surface area contributed by atoms with Crippen LogP contribution < -0.4 is 5.32 Å². The number of carbonyl (C=O) groups is 1. The largest absolute Gasteiger partial charge is 0.319 e. The van der Waals surface area contributed by atoms with Crippen LogP contribution in [0.25, 0.3) is 0 Å². The number of ketones is 1. The van der Waals surface area contributed by atoms with Gasteiger partial charge in [0.25, 0.3) is 0 Å². The average Bonchev–Trinajstić information content (AvgIpc) is 2.12. The van der Waals surface area contributed by atoms with Gasteiger partial charge in [-0.05, 0) is 38.9 Å². The summed E-state index contributed by atoms with van der Waals surface area (Å²) in [6, 6.07) is 4.14. The molecule has 0 heterocycles. The highest BCUT2D eigenvalue weighted by Gasteiger charge is 2.11. The third-order valence-corrected chi connectivity index (χ3v) is 2.56. The lowest BCUT2D eigenvalue weighted by molar-refractivity contribution is 0.0982. The molecular weight excluding hydrogens is 186 g/mol. The zero-order valence-electron chi connectivity index (χ0n) is 9.98. The standard InChI is InChI=1S/C13H19NO/c1-9-7-10(2)13(11(3)8-9)12(15)5-6-14-4/h7-8,14H,5-6H2,1-4H3. The predicted molar refractivity (Wildman–Crippen MR) is 63.5 cm³/mol. The number of carbonyl (C=O) groups excluding carboxylic acids is 1. The van der Waals surface area contributed by atoms with Gasteiger partial charge in [-0.1, -0.05) is 17.7 Å². The Kier molecular flexibility index (Phi) is 4.04. The molecule has 0 unspecified atom stereocenters. The summed E-state index contributed by atoms with van der Waals surface area (Å²) >= 11 is 0. The molecule has 1 rings (SSSR count). The molecule has 0 aliphatic carbocycles. The molecule has 82 valence electrons. The van der Waals surface area contributed by atoms with Crippen molar-refractivity contribution in [2.24, 2.45) is 0 Å². The number of hydrogen-bond donors (Lipinski definition) is 1. The summed E-state index contributed by atoms with van der Waals surface area (Å²) in [6.45, 7) is 6.81. The van der Waals surface area contributed by atoms with Crippen molar-refractivity contribution in [3.05, 3.63) is 34.4 Å². The number of aryl methyl sites for hydroxylation is 3. The zero-order valence-corrected chi connectivity index (χ0v) is 9.98. The van der Waals surface area contributed by atoms with Crippen LogP contribution in [-0.4, -0.2) is 19.4 Å². The highest BCUT2D eigenvalue weighted by atomic mass is 16.1. The molecule has 0 saturated heterocycles. The van der Waals surface area contributed by atoms with Crippen molar-refractivity contribution in [3.63, 3.8) is 0 Å². The first-order valence-electron chi connectivity index (χ1n) is 5.32. The average molecular weight is 205 g/mol. The molecule has 0 radical (unpaired) electrons. The fourth-order valence-corrected chi connectivity index (χ4v) is 1.98. The van der Waals surface area contributed by atoms with E-state index >= 15 is 0 Å². The van der Waals surface area contributed by atoms with Gasteiger partial charge in [-0.25, -0.2) is 0 Å². The van der Waals surface area contributed by atoms with E-state index in [0.717, 1.165) is 23.2 Å². The first-order chi connectivity index (χ1) is 7.06. The molecule has 0 amide bonds. The van der Waals surface area contributed by atoms with E-state index in [1.807, 2.05) is 20.9 Å². The minimum Gasteiger partial charge on any atom is -0.319 e. The highest BCUT2D eigenvalue weighted by molar-refractivity contribution is 5.99. The summed E-state index contributed by atoms with van der Waals surface area (Å²) in [5.74, 6) is 0.236. The topological polar surface area (TPSA) is 29.1 Å². The van der Waals surface area contributed by atoms with Crippen molar-refractivity contribution in [1.82, 2.24) is 5.32 Å². The fraction of sp³-hybridized carbons (Fsp3) is 0.462. The quantitative estimate of drug-likeness (QED) is 0.765. The summed E-state index contributed by atoms with van der Waals surface area (Å²) in [5, 5.41) is 3.00. The van der Waals surface area contributed by atoms with E-state index in [4.69, 9.17) is 0 Å². The van der Waals surface area contributed by atoms with Gasteiger partial charge in [0.2, 0.25) is 0 Å². The van der Waals surface area contributed by atoms with E-state index in [2.05, 4.69) is 24.4 Å². The van der Waals surface area contributed by atoms with E-state index < -0.39 is 0 Å². The number of rotatable bonds is 4. The Morgan fingerprint density at radius 2 is 1.73 bits per heavy atom. The zero-order chi connectivity index (χ0) is 11.4. The van der Waals surface area contributed by atoms with Crippen molar-refractivity contribution in [1.29, 1.82) is 0 Å². The van der Waals surface area contributed by atoms with E-state index in [1.54, 1.807) is 0 Å². The SMILES string of the molecule is CNCCC(=O)c1c(C)cc(C)cc1C. The number of nitrogens with one attached hydrogen (secondary N) is 1. The van der Waals surface area contributed by atoms with Crippen LogP contribution in [-0.2, 0) is 0 Å². The van der Waals surface area contributed by atoms with E-state index in [9.17, 15) is 4.79 Å². The van der Waals surface area contributed by atoms with Gasteiger partial charge in [-0.3, -0.25) is 4.79 Å².